The average Bonchev–Trinajstić information content (AvgIpc) is 2.59. The van der Waals surface area contributed by atoms with E-state index in [-0.39, 0.29) is 13.0 Å². The molecule has 1 aliphatic heterocycles. The molecule has 0 saturated carbocycles. The van der Waals surface area contributed by atoms with E-state index in [1.807, 2.05) is 0 Å². The molecule has 0 spiro atoms. The average molecular weight is 385 g/mol. The summed E-state index contributed by atoms with van der Waals surface area (Å²) in [5, 5.41) is 9.45. The number of nitrogens with zero attached hydrogens (tertiary/aromatic N) is 1. The summed E-state index contributed by atoms with van der Waals surface area (Å²) < 4.78 is 66.2. The van der Waals surface area contributed by atoms with Crippen LogP contribution in [-0.2, 0) is 34.0 Å². The number of alkyl halides is 3. The van der Waals surface area contributed by atoms with Crippen molar-refractivity contribution in [2.75, 3.05) is 0 Å². The van der Waals surface area contributed by atoms with E-state index in [4.69, 9.17) is 0 Å². The fourth-order valence-electron chi connectivity index (χ4n) is 3.01. The van der Waals surface area contributed by atoms with Crippen LogP contribution in [0.4, 0.5) is 13.2 Å². The van der Waals surface area contributed by atoms with Crippen LogP contribution in [0.15, 0.2) is 53.4 Å². The largest absolute Gasteiger partial charge is 0.480 e. The van der Waals surface area contributed by atoms with Gasteiger partial charge >= 0.3 is 12.1 Å². The number of carboxylic acids is 1. The second-order valence-electron chi connectivity index (χ2n) is 5.87. The van der Waals surface area contributed by atoms with E-state index in [9.17, 15) is 31.5 Å². The van der Waals surface area contributed by atoms with Crippen LogP contribution in [-0.4, -0.2) is 29.8 Å². The van der Waals surface area contributed by atoms with Crippen molar-refractivity contribution in [3.8, 4) is 0 Å². The molecule has 0 aliphatic carbocycles. The van der Waals surface area contributed by atoms with Crippen molar-refractivity contribution in [3.63, 3.8) is 0 Å². The van der Waals surface area contributed by atoms with Crippen molar-refractivity contribution >= 4 is 16.0 Å². The summed E-state index contributed by atoms with van der Waals surface area (Å²) in [4.78, 5) is 10.7. The Hall–Kier alpha value is -2.39. The van der Waals surface area contributed by atoms with Crippen LogP contribution in [0, 0.1) is 0 Å². The van der Waals surface area contributed by atoms with Crippen LogP contribution in [0.5, 0.6) is 0 Å². The van der Waals surface area contributed by atoms with E-state index in [1.54, 1.807) is 24.3 Å². The lowest BCUT2D eigenvalue weighted by Gasteiger charge is -2.34. The number of benzene rings is 2. The molecular formula is C17H14F3NO4S. The highest BCUT2D eigenvalue weighted by atomic mass is 32.2. The molecule has 26 heavy (non-hydrogen) atoms. The Labute approximate surface area is 147 Å². The summed E-state index contributed by atoms with van der Waals surface area (Å²) in [7, 11) is -4.68. The number of carboxylic acid groups (broad SMARTS) is 1. The van der Waals surface area contributed by atoms with Gasteiger partial charge in [0.25, 0.3) is 0 Å². The second-order valence-corrected chi connectivity index (χ2v) is 7.73. The van der Waals surface area contributed by atoms with E-state index >= 15 is 0 Å². The molecule has 5 nitrogen and oxygen atoms in total. The summed E-state index contributed by atoms with van der Waals surface area (Å²) in [6.07, 6.45) is -4.99. The maximum absolute atomic E-state index is 13.2. The van der Waals surface area contributed by atoms with Gasteiger partial charge < -0.3 is 5.11 Å². The van der Waals surface area contributed by atoms with Crippen molar-refractivity contribution in [3.05, 3.63) is 65.2 Å². The van der Waals surface area contributed by atoms with E-state index in [0.29, 0.717) is 21.5 Å². The van der Waals surface area contributed by atoms with Crippen LogP contribution in [0.2, 0.25) is 0 Å². The standard InChI is InChI=1S/C17H14F3NO4S/c18-17(19,20)13-7-3-4-8-15(13)26(24,25)21-10-12-6-2-1-5-11(12)9-14(21)16(22)23/h1-8,14H,9-10H2,(H,22,23)/t14-/m0/s1. The monoisotopic (exact) mass is 385 g/mol. The molecule has 138 valence electrons. The van der Waals surface area contributed by atoms with Gasteiger partial charge in [-0.3, -0.25) is 4.79 Å². The molecule has 0 amide bonds. The summed E-state index contributed by atoms with van der Waals surface area (Å²) in [6, 6.07) is 8.96. The smallest absolute Gasteiger partial charge is 0.417 e. The number of fused-ring (bicyclic) bond motifs is 1. The van der Waals surface area contributed by atoms with Crippen LogP contribution >= 0.6 is 0 Å². The zero-order valence-electron chi connectivity index (χ0n) is 13.3. The number of rotatable bonds is 3. The number of sulfonamides is 1. The maximum atomic E-state index is 13.2. The minimum atomic E-state index is -4.88. The zero-order valence-corrected chi connectivity index (χ0v) is 14.1. The highest BCUT2D eigenvalue weighted by Crippen LogP contribution is 2.37. The Morgan fingerprint density at radius 1 is 1.04 bits per heavy atom. The van der Waals surface area contributed by atoms with E-state index < -0.39 is 38.7 Å². The number of hydrogen-bond donors (Lipinski definition) is 1. The minimum Gasteiger partial charge on any atom is -0.480 e. The first-order chi connectivity index (χ1) is 12.1. The molecule has 0 fully saturated rings. The number of halogens is 3. The van der Waals surface area contributed by atoms with Gasteiger partial charge in [-0.15, -0.1) is 0 Å². The highest BCUT2D eigenvalue weighted by Gasteiger charge is 2.44. The van der Waals surface area contributed by atoms with Gasteiger partial charge in [-0.1, -0.05) is 36.4 Å². The first-order valence-electron chi connectivity index (χ1n) is 7.60. The third-order valence-electron chi connectivity index (χ3n) is 4.27. The molecule has 1 heterocycles. The first-order valence-corrected chi connectivity index (χ1v) is 9.04. The molecule has 3 rings (SSSR count). The molecule has 0 radical (unpaired) electrons. The highest BCUT2D eigenvalue weighted by molar-refractivity contribution is 7.89. The number of carbonyl (C=O) groups is 1. The molecule has 1 atom stereocenters. The molecule has 2 aromatic carbocycles. The Morgan fingerprint density at radius 2 is 1.62 bits per heavy atom. The van der Waals surface area contributed by atoms with Crippen molar-refractivity contribution in [1.82, 2.24) is 4.31 Å². The van der Waals surface area contributed by atoms with Crippen LogP contribution < -0.4 is 0 Å². The van der Waals surface area contributed by atoms with E-state index in [0.717, 1.165) is 12.1 Å². The zero-order chi connectivity index (χ0) is 19.1. The third-order valence-corrected chi connectivity index (χ3v) is 6.18. The van der Waals surface area contributed by atoms with E-state index in [2.05, 4.69) is 0 Å². The molecule has 9 heteroatoms. The van der Waals surface area contributed by atoms with Gasteiger partial charge in [0.05, 0.1) is 10.5 Å². The first kappa shape index (κ1) is 18.4. The normalized spacial score (nSPS) is 18.3. The SMILES string of the molecule is O=C(O)[C@@H]1Cc2ccccc2CN1S(=O)(=O)c1ccccc1C(F)(F)F. The Bertz CT molecular complexity index is 956. The molecule has 0 unspecified atom stereocenters. The van der Waals surface area contributed by atoms with Gasteiger partial charge in [0, 0.05) is 13.0 Å². The third kappa shape index (κ3) is 3.19. The lowest BCUT2D eigenvalue weighted by atomic mass is 9.96. The van der Waals surface area contributed by atoms with Gasteiger partial charge in [0.1, 0.15) is 6.04 Å². The van der Waals surface area contributed by atoms with Crippen molar-refractivity contribution in [1.29, 1.82) is 0 Å². The molecular weight excluding hydrogens is 371 g/mol. The van der Waals surface area contributed by atoms with E-state index in [1.165, 1.54) is 6.07 Å². The fraction of sp³-hybridized carbons (Fsp3) is 0.235. The molecule has 0 saturated heterocycles. The van der Waals surface area contributed by atoms with Crippen LogP contribution in [0.25, 0.3) is 0 Å². The molecule has 1 N–H and O–H groups in total. The summed E-state index contributed by atoms with van der Waals surface area (Å²) in [5.74, 6) is -1.41. The second kappa shape index (κ2) is 6.40. The number of hydrogen-bond acceptors (Lipinski definition) is 3. The molecule has 1 aliphatic rings. The summed E-state index contributed by atoms with van der Waals surface area (Å²) >= 11 is 0. The van der Waals surface area contributed by atoms with Gasteiger partial charge in [0.15, 0.2) is 0 Å². The Kier molecular flexibility index (Phi) is 4.53. The molecule has 0 aromatic heterocycles. The van der Waals surface area contributed by atoms with Crippen molar-refractivity contribution in [2.45, 2.75) is 30.1 Å². The van der Waals surface area contributed by atoms with Crippen molar-refractivity contribution in [2.24, 2.45) is 0 Å². The number of aliphatic carboxylic acids is 1. The molecule has 2 aromatic rings. The fourth-order valence-corrected chi connectivity index (χ4v) is 4.79. The van der Waals surface area contributed by atoms with Gasteiger partial charge in [-0.05, 0) is 23.3 Å². The van der Waals surface area contributed by atoms with Crippen LogP contribution in [0.3, 0.4) is 0 Å². The minimum absolute atomic E-state index is 0.112. The molecule has 0 bridgehead atoms. The quantitative estimate of drug-likeness (QED) is 0.882. The topological polar surface area (TPSA) is 74.7 Å². The van der Waals surface area contributed by atoms with Crippen molar-refractivity contribution < 1.29 is 31.5 Å². The van der Waals surface area contributed by atoms with Gasteiger partial charge in [-0.25, -0.2) is 8.42 Å². The predicted octanol–water partition coefficient (Wildman–Crippen LogP) is 2.91. The Morgan fingerprint density at radius 3 is 2.23 bits per heavy atom. The Balaban J connectivity index is 2.14. The lowest BCUT2D eigenvalue weighted by Crippen LogP contribution is -2.48. The van der Waals surface area contributed by atoms with Gasteiger partial charge in [0.2, 0.25) is 10.0 Å². The predicted molar refractivity (Wildman–Crippen MR) is 85.7 cm³/mol. The summed E-state index contributed by atoms with van der Waals surface area (Å²) in [6.45, 7) is -0.304. The maximum Gasteiger partial charge on any atom is 0.417 e. The van der Waals surface area contributed by atoms with Crippen LogP contribution in [0.1, 0.15) is 16.7 Å². The summed E-state index contributed by atoms with van der Waals surface area (Å²) in [5.41, 5.74) is -0.0866. The van der Waals surface area contributed by atoms with Gasteiger partial charge in [-0.2, -0.15) is 17.5 Å². The lowest BCUT2D eigenvalue weighted by molar-refractivity contribution is -0.141.